The van der Waals surface area contributed by atoms with Gasteiger partial charge in [0.2, 0.25) is 0 Å². The zero-order valence-electron chi connectivity index (χ0n) is 7.62. The Labute approximate surface area is 93.2 Å². The Balaban J connectivity index is 3.23. The smallest absolute Gasteiger partial charge is 0.417 e. The molecule has 0 aliphatic carbocycles. The highest BCUT2D eigenvalue weighted by molar-refractivity contribution is 6.29. The summed E-state index contributed by atoms with van der Waals surface area (Å²) < 4.78 is 37.5. The van der Waals surface area contributed by atoms with Crippen molar-refractivity contribution >= 4 is 23.6 Å². The van der Waals surface area contributed by atoms with E-state index in [0.29, 0.717) is 12.1 Å². The Morgan fingerprint density at radius 1 is 1.50 bits per heavy atom. The second-order valence-corrected chi connectivity index (χ2v) is 3.15. The number of carbonyl (C=O) groups is 1. The molecule has 7 heteroatoms. The molecule has 0 saturated carbocycles. The molecule has 1 aromatic rings. The van der Waals surface area contributed by atoms with Crippen LogP contribution in [0.15, 0.2) is 18.3 Å². The van der Waals surface area contributed by atoms with Gasteiger partial charge in [-0.2, -0.15) is 13.2 Å². The fourth-order valence-corrected chi connectivity index (χ4v) is 1.14. The third-order valence-electron chi connectivity index (χ3n) is 1.61. The lowest BCUT2D eigenvalue weighted by Gasteiger charge is -2.09. The fourth-order valence-electron chi connectivity index (χ4n) is 0.980. The number of halogens is 4. The zero-order valence-corrected chi connectivity index (χ0v) is 8.38. The number of nitrogens with zero attached hydrogens (tertiary/aromatic N) is 1. The van der Waals surface area contributed by atoms with Gasteiger partial charge in [-0.1, -0.05) is 11.6 Å². The molecule has 1 aromatic heterocycles. The van der Waals surface area contributed by atoms with Crippen molar-refractivity contribution in [1.82, 2.24) is 4.98 Å². The number of alkyl halides is 3. The number of hydrogen-bond donors (Lipinski definition) is 1. The van der Waals surface area contributed by atoms with Crippen LogP contribution < -0.4 is 0 Å². The van der Waals surface area contributed by atoms with E-state index in [-0.39, 0.29) is 10.7 Å². The van der Waals surface area contributed by atoms with Crippen LogP contribution in [-0.4, -0.2) is 16.1 Å². The van der Waals surface area contributed by atoms with Crippen molar-refractivity contribution in [2.75, 3.05) is 0 Å². The maximum Gasteiger partial charge on any atom is 0.417 e. The molecule has 0 aromatic carbocycles. The minimum absolute atomic E-state index is 0.306. The summed E-state index contributed by atoms with van der Waals surface area (Å²) >= 11 is 5.33. The molecule has 0 fully saturated rings. The van der Waals surface area contributed by atoms with Gasteiger partial charge in [-0.05, 0) is 12.1 Å². The van der Waals surface area contributed by atoms with Crippen molar-refractivity contribution in [3.8, 4) is 0 Å². The van der Waals surface area contributed by atoms with Gasteiger partial charge in [-0.3, -0.25) is 0 Å². The van der Waals surface area contributed by atoms with E-state index in [1.165, 1.54) is 0 Å². The van der Waals surface area contributed by atoms with Crippen molar-refractivity contribution in [2.45, 2.75) is 6.18 Å². The fraction of sp³-hybridized carbons (Fsp3) is 0.111. The first-order valence-corrected chi connectivity index (χ1v) is 4.32. The first-order chi connectivity index (χ1) is 7.30. The van der Waals surface area contributed by atoms with Crippen LogP contribution in [0.2, 0.25) is 5.15 Å². The van der Waals surface area contributed by atoms with Gasteiger partial charge < -0.3 is 5.11 Å². The minimum atomic E-state index is -4.61. The third kappa shape index (κ3) is 3.23. The topological polar surface area (TPSA) is 50.2 Å². The SMILES string of the molecule is O=C(O)C=Cc1cnc(Cl)cc1C(F)(F)F. The van der Waals surface area contributed by atoms with E-state index in [2.05, 4.69) is 4.98 Å². The number of carboxylic acid groups (broad SMARTS) is 1. The molecule has 0 radical (unpaired) electrons. The molecule has 0 bridgehead atoms. The second-order valence-electron chi connectivity index (χ2n) is 2.76. The summed E-state index contributed by atoms with van der Waals surface area (Å²) in [6.07, 6.45) is -2.33. The van der Waals surface area contributed by atoms with Crippen molar-refractivity contribution < 1.29 is 23.1 Å². The van der Waals surface area contributed by atoms with Crippen molar-refractivity contribution in [1.29, 1.82) is 0 Å². The number of aliphatic carboxylic acids is 1. The van der Waals surface area contributed by atoms with Crippen LogP contribution >= 0.6 is 11.6 Å². The van der Waals surface area contributed by atoms with E-state index in [1.807, 2.05) is 0 Å². The summed E-state index contributed by atoms with van der Waals surface area (Å²) in [4.78, 5) is 13.6. The largest absolute Gasteiger partial charge is 0.478 e. The van der Waals surface area contributed by atoms with Crippen molar-refractivity contribution in [2.24, 2.45) is 0 Å². The van der Waals surface area contributed by atoms with Crippen LogP contribution in [0.25, 0.3) is 6.08 Å². The van der Waals surface area contributed by atoms with E-state index in [4.69, 9.17) is 16.7 Å². The van der Waals surface area contributed by atoms with Crippen molar-refractivity contribution in [3.63, 3.8) is 0 Å². The average molecular weight is 252 g/mol. The lowest BCUT2D eigenvalue weighted by Crippen LogP contribution is -2.08. The summed E-state index contributed by atoms with van der Waals surface area (Å²) in [5.41, 5.74) is -1.37. The first-order valence-electron chi connectivity index (χ1n) is 3.94. The van der Waals surface area contributed by atoms with Gasteiger partial charge >= 0.3 is 12.1 Å². The average Bonchev–Trinajstić information content (AvgIpc) is 2.14. The molecule has 1 N–H and O–H groups in total. The molecule has 0 aliphatic rings. The maximum absolute atomic E-state index is 12.5. The maximum atomic E-state index is 12.5. The standard InChI is InChI=1S/C9H5ClF3NO2/c10-7-3-6(9(11,12)13)5(4-14-7)1-2-8(15)16/h1-4H,(H,15,16). The summed E-state index contributed by atoms with van der Waals surface area (Å²) in [6.45, 7) is 0. The molecule has 3 nitrogen and oxygen atoms in total. The van der Waals surface area contributed by atoms with Crippen molar-refractivity contribution in [3.05, 3.63) is 34.6 Å². The van der Waals surface area contributed by atoms with Crippen LogP contribution in [-0.2, 0) is 11.0 Å². The molecular weight excluding hydrogens is 247 g/mol. The Kier molecular flexibility index (Phi) is 3.54. The summed E-state index contributed by atoms with van der Waals surface area (Å²) in [7, 11) is 0. The summed E-state index contributed by atoms with van der Waals surface area (Å²) in [5, 5.41) is 8.00. The first kappa shape index (κ1) is 12.5. The number of rotatable bonds is 2. The Bertz CT molecular complexity index is 443. The van der Waals surface area contributed by atoms with Crippen LogP contribution in [0.4, 0.5) is 13.2 Å². The number of pyridine rings is 1. The third-order valence-corrected chi connectivity index (χ3v) is 1.82. The molecule has 1 heterocycles. The molecule has 0 atom stereocenters. The minimum Gasteiger partial charge on any atom is -0.478 e. The van der Waals surface area contributed by atoms with Crippen LogP contribution in [0.5, 0.6) is 0 Å². The Hall–Kier alpha value is -1.56. The molecule has 1 rings (SSSR count). The Morgan fingerprint density at radius 2 is 2.12 bits per heavy atom. The highest BCUT2D eigenvalue weighted by Gasteiger charge is 2.33. The van der Waals surface area contributed by atoms with E-state index in [1.54, 1.807) is 0 Å². The van der Waals surface area contributed by atoms with Gasteiger partial charge in [0.05, 0.1) is 5.56 Å². The highest BCUT2D eigenvalue weighted by Crippen LogP contribution is 2.33. The molecule has 0 saturated heterocycles. The van der Waals surface area contributed by atoms with Gasteiger partial charge in [0.15, 0.2) is 0 Å². The Morgan fingerprint density at radius 3 is 2.62 bits per heavy atom. The van der Waals surface area contributed by atoms with Crippen LogP contribution in [0.1, 0.15) is 11.1 Å². The van der Waals surface area contributed by atoms with E-state index < -0.39 is 17.7 Å². The normalized spacial score (nSPS) is 12.0. The zero-order chi connectivity index (χ0) is 12.3. The van der Waals surface area contributed by atoms with Gasteiger partial charge in [0.25, 0.3) is 0 Å². The summed E-state index contributed by atoms with van der Waals surface area (Å²) in [5.74, 6) is -1.34. The number of aromatic nitrogens is 1. The second kappa shape index (κ2) is 4.52. The number of carboxylic acids is 1. The predicted molar refractivity (Wildman–Crippen MR) is 50.9 cm³/mol. The van der Waals surface area contributed by atoms with E-state index in [9.17, 15) is 18.0 Å². The molecule has 16 heavy (non-hydrogen) atoms. The molecular formula is C9H5ClF3NO2. The quantitative estimate of drug-likeness (QED) is 0.649. The van der Waals surface area contributed by atoms with Crippen LogP contribution in [0.3, 0.4) is 0 Å². The van der Waals surface area contributed by atoms with Gasteiger partial charge in [0.1, 0.15) is 5.15 Å². The van der Waals surface area contributed by atoms with E-state index >= 15 is 0 Å². The molecule has 86 valence electrons. The molecule has 0 unspecified atom stereocenters. The van der Waals surface area contributed by atoms with Gasteiger partial charge in [-0.25, -0.2) is 9.78 Å². The molecule has 0 spiro atoms. The number of hydrogen-bond acceptors (Lipinski definition) is 2. The monoisotopic (exact) mass is 251 g/mol. The lowest BCUT2D eigenvalue weighted by atomic mass is 10.1. The van der Waals surface area contributed by atoms with Crippen LogP contribution in [0, 0.1) is 0 Å². The summed E-state index contributed by atoms with van der Waals surface area (Å²) in [6, 6.07) is 0.642. The lowest BCUT2D eigenvalue weighted by molar-refractivity contribution is -0.138. The predicted octanol–water partition coefficient (Wildman–Crippen LogP) is 2.85. The highest BCUT2D eigenvalue weighted by atomic mass is 35.5. The van der Waals surface area contributed by atoms with Gasteiger partial charge in [0, 0.05) is 17.8 Å². The van der Waals surface area contributed by atoms with E-state index in [0.717, 1.165) is 12.3 Å². The van der Waals surface area contributed by atoms with Gasteiger partial charge in [-0.15, -0.1) is 0 Å². The molecule has 0 amide bonds. The molecule has 0 aliphatic heterocycles.